The Morgan fingerprint density at radius 2 is 2.00 bits per heavy atom. The van der Waals surface area contributed by atoms with Crippen LogP contribution in [-0.4, -0.2) is 17.8 Å². The van der Waals surface area contributed by atoms with Crippen molar-refractivity contribution in [1.82, 2.24) is 5.32 Å². The number of carbonyl (C=O) groups is 1. The fraction of sp³-hybridized carbons (Fsp3) is 0.533. The molecule has 0 saturated carbocycles. The van der Waals surface area contributed by atoms with Crippen molar-refractivity contribution in [1.29, 1.82) is 0 Å². The summed E-state index contributed by atoms with van der Waals surface area (Å²) in [6.07, 6.45) is 2.12. The van der Waals surface area contributed by atoms with E-state index in [-0.39, 0.29) is 11.3 Å². The van der Waals surface area contributed by atoms with Gasteiger partial charge in [-0.05, 0) is 37.3 Å². The highest BCUT2D eigenvalue weighted by Crippen LogP contribution is 2.27. The van der Waals surface area contributed by atoms with Crippen molar-refractivity contribution in [3.05, 3.63) is 35.4 Å². The molecule has 1 rings (SSSR count). The molecule has 0 radical (unpaired) electrons. The number of hydrogen-bond acceptors (Lipinski definition) is 1. The Morgan fingerprint density at radius 3 is 2.50 bits per heavy atom. The van der Waals surface area contributed by atoms with Gasteiger partial charge < -0.3 is 5.32 Å². The summed E-state index contributed by atoms with van der Waals surface area (Å²) in [4.78, 5) is 12.1. The van der Waals surface area contributed by atoms with Gasteiger partial charge in [0.05, 0.1) is 0 Å². The van der Waals surface area contributed by atoms with Crippen molar-refractivity contribution >= 4 is 21.8 Å². The molecule has 1 aromatic rings. The third-order valence-corrected chi connectivity index (χ3v) is 4.88. The monoisotopic (exact) mass is 311 g/mol. The molecule has 1 aromatic carbocycles. The number of amides is 1. The van der Waals surface area contributed by atoms with Crippen LogP contribution in [0.4, 0.5) is 0 Å². The zero-order valence-electron chi connectivity index (χ0n) is 11.4. The Labute approximate surface area is 118 Å². The van der Waals surface area contributed by atoms with E-state index in [1.54, 1.807) is 0 Å². The predicted molar refractivity (Wildman–Crippen MR) is 80.3 cm³/mol. The Kier molecular flexibility index (Phi) is 5.86. The summed E-state index contributed by atoms with van der Waals surface area (Å²) >= 11 is 3.56. The second-order valence-electron chi connectivity index (χ2n) is 4.89. The quantitative estimate of drug-likeness (QED) is 0.792. The number of benzene rings is 1. The Balaban J connectivity index is 2.66. The van der Waals surface area contributed by atoms with Crippen molar-refractivity contribution in [3.63, 3.8) is 0 Å². The second kappa shape index (κ2) is 6.93. The van der Waals surface area contributed by atoms with Gasteiger partial charge in [-0.3, -0.25) is 4.79 Å². The molecule has 0 bridgehead atoms. The van der Waals surface area contributed by atoms with Crippen LogP contribution in [-0.2, 0) is 0 Å². The molecule has 0 heterocycles. The first-order valence-electron chi connectivity index (χ1n) is 6.47. The average molecular weight is 312 g/mol. The van der Waals surface area contributed by atoms with E-state index >= 15 is 0 Å². The van der Waals surface area contributed by atoms with Gasteiger partial charge in [-0.1, -0.05) is 47.5 Å². The highest BCUT2D eigenvalue weighted by Gasteiger charge is 2.25. The molecule has 0 aliphatic carbocycles. The lowest BCUT2D eigenvalue weighted by Gasteiger charge is -2.29. The van der Waals surface area contributed by atoms with Crippen LogP contribution in [0.25, 0.3) is 0 Å². The van der Waals surface area contributed by atoms with Gasteiger partial charge in [0.2, 0.25) is 0 Å². The van der Waals surface area contributed by atoms with E-state index in [9.17, 15) is 4.79 Å². The topological polar surface area (TPSA) is 29.1 Å². The van der Waals surface area contributed by atoms with Crippen LogP contribution < -0.4 is 5.32 Å². The van der Waals surface area contributed by atoms with E-state index in [1.165, 1.54) is 0 Å². The first-order valence-corrected chi connectivity index (χ1v) is 7.60. The van der Waals surface area contributed by atoms with Crippen LogP contribution in [0, 0.1) is 12.3 Å². The van der Waals surface area contributed by atoms with E-state index in [0.29, 0.717) is 0 Å². The van der Waals surface area contributed by atoms with Crippen LogP contribution in [0.2, 0.25) is 0 Å². The molecular formula is C15H22BrNO. The van der Waals surface area contributed by atoms with E-state index in [1.807, 2.05) is 31.2 Å². The summed E-state index contributed by atoms with van der Waals surface area (Å²) in [7, 11) is 0. The molecule has 0 aliphatic heterocycles. The predicted octanol–water partition coefficient (Wildman–Crippen LogP) is 3.93. The minimum absolute atomic E-state index is 0.0194. The van der Waals surface area contributed by atoms with Crippen LogP contribution in [0.3, 0.4) is 0 Å². The van der Waals surface area contributed by atoms with E-state index in [0.717, 1.165) is 35.8 Å². The molecule has 1 N–H and O–H groups in total. The number of hydrogen-bond donors (Lipinski definition) is 1. The first kappa shape index (κ1) is 15.2. The van der Waals surface area contributed by atoms with E-state index in [2.05, 4.69) is 35.1 Å². The second-order valence-corrected chi connectivity index (χ2v) is 5.45. The number of carbonyl (C=O) groups excluding carboxylic acids is 1. The average Bonchev–Trinajstić information content (AvgIpc) is 2.40. The van der Waals surface area contributed by atoms with E-state index in [4.69, 9.17) is 0 Å². The number of rotatable bonds is 6. The van der Waals surface area contributed by atoms with Gasteiger partial charge in [0.1, 0.15) is 0 Å². The van der Waals surface area contributed by atoms with Crippen LogP contribution in [0.5, 0.6) is 0 Å². The summed E-state index contributed by atoms with van der Waals surface area (Å²) in [5.74, 6) is 0.0194. The summed E-state index contributed by atoms with van der Waals surface area (Å²) in [6, 6.07) is 7.69. The molecule has 18 heavy (non-hydrogen) atoms. The molecule has 0 atom stereocenters. The molecule has 0 saturated heterocycles. The molecular weight excluding hydrogens is 290 g/mol. The summed E-state index contributed by atoms with van der Waals surface area (Å²) in [5, 5.41) is 3.97. The molecule has 0 unspecified atom stereocenters. The lowest BCUT2D eigenvalue weighted by Crippen LogP contribution is -2.38. The first-order chi connectivity index (χ1) is 8.56. The maximum Gasteiger partial charge on any atom is 0.251 e. The molecule has 0 aliphatic rings. The standard InChI is InChI=1S/C15H22BrNO/c1-4-15(5-2,10-16)11-17-14(18)13-8-6-7-12(3)9-13/h6-9H,4-5,10-11H2,1-3H3,(H,17,18). The van der Waals surface area contributed by atoms with Gasteiger partial charge in [-0.2, -0.15) is 0 Å². The molecule has 2 nitrogen and oxygen atoms in total. The smallest absolute Gasteiger partial charge is 0.251 e. The molecule has 3 heteroatoms. The van der Waals surface area contributed by atoms with Crippen LogP contribution >= 0.6 is 15.9 Å². The van der Waals surface area contributed by atoms with Crippen LogP contribution in [0.15, 0.2) is 24.3 Å². The zero-order valence-corrected chi connectivity index (χ0v) is 13.0. The van der Waals surface area contributed by atoms with Crippen molar-refractivity contribution in [2.45, 2.75) is 33.6 Å². The third-order valence-electron chi connectivity index (χ3n) is 3.69. The highest BCUT2D eigenvalue weighted by molar-refractivity contribution is 9.09. The van der Waals surface area contributed by atoms with E-state index < -0.39 is 0 Å². The molecule has 0 aromatic heterocycles. The molecule has 0 spiro atoms. The minimum Gasteiger partial charge on any atom is -0.351 e. The lowest BCUT2D eigenvalue weighted by atomic mass is 9.84. The maximum atomic E-state index is 12.1. The van der Waals surface area contributed by atoms with Gasteiger partial charge in [0, 0.05) is 17.4 Å². The fourth-order valence-electron chi connectivity index (χ4n) is 1.89. The maximum absolute atomic E-state index is 12.1. The minimum atomic E-state index is 0.0194. The lowest BCUT2D eigenvalue weighted by molar-refractivity contribution is 0.0932. The Bertz CT molecular complexity index is 391. The van der Waals surface area contributed by atoms with Gasteiger partial charge in [-0.15, -0.1) is 0 Å². The number of aryl methyl sites for hydroxylation is 1. The summed E-state index contributed by atoms with van der Waals surface area (Å²) in [6.45, 7) is 7.06. The van der Waals surface area contributed by atoms with Crippen molar-refractivity contribution in [2.24, 2.45) is 5.41 Å². The number of alkyl halides is 1. The fourth-order valence-corrected chi connectivity index (χ4v) is 2.88. The van der Waals surface area contributed by atoms with Gasteiger partial charge in [0.25, 0.3) is 5.91 Å². The van der Waals surface area contributed by atoms with Crippen molar-refractivity contribution in [2.75, 3.05) is 11.9 Å². The number of nitrogens with one attached hydrogen (secondary N) is 1. The van der Waals surface area contributed by atoms with Crippen LogP contribution in [0.1, 0.15) is 42.6 Å². The van der Waals surface area contributed by atoms with Crippen molar-refractivity contribution in [3.8, 4) is 0 Å². The van der Waals surface area contributed by atoms with Gasteiger partial charge in [0.15, 0.2) is 0 Å². The normalized spacial score (nSPS) is 11.3. The van der Waals surface area contributed by atoms with Crippen molar-refractivity contribution < 1.29 is 4.79 Å². The summed E-state index contributed by atoms with van der Waals surface area (Å²) in [5.41, 5.74) is 2.02. The number of halogens is 1. The largest absolute Gasteiger partial charge is 0.351 e. The molecule has 1 amide bonds. The van der Waals surface area contributed by atoms with Gasteiger partial charge in [-0.25, -0.2) is 0 Å². The van der Waals surface area contributed by atoms with Gasteiger partial charge >= 0.3 is 0 Å². The Morgan fingerprint density at radius 1 is 1.33 bits per heavy atom. The highest BCUT2D eigenvalue weighted by atomic mass is 79.9. The SMILES string of the molecule is CCC(CC)(CBr)CNC(=O)c1cccc(C)c1. The summed E-state index contributed by atoms with van der Waals surface area (Å²) < 4.78 is 0. The molecule has 0 fully saturated rings. The third kappa shape index (κ3) is 3.84. The zero-order chi connectivity index (χ0) is 13.6. The molecule has 100 valence electrons. The Hall–Kier alpha value is -0.830.